The average Bonchev–Trinajstić information content (AvgIpc) is 2.46. The summed E-state index contributed by atoms with van der Waals surface area (Å²) in [6.07, 6.45) is 0. The Bertz CT molecular complexity index is 777. The second kappa shape index (κ2) is 4.97. The lowest BCUT2D eigenvalue weighted by Crippen LogP contribution is -1.92. The fourth-order valence-electron chi connectivity index (χ4n) is 2.53. The summed E-state index contributed by atoms with van der Waals surface area (Å²) in [5.74, 6) is 0.477. The van der Waals surface area contributed by atoms with Crippen molar-refractivity contribution in [1.29, 1.82) is 0 Å². The summed E-state index contributed by atoms with van der Waals surface area (Å²) < 4.78 is 19.5. The third-order valence-corrected chi connectivity index (χ3v) is 3.49. The van der Waals surface area contributed by atoms with Gasteiger partial charge in [0.05, 0.1) is 7.11 Å². The van der Waals surface area contributed by atoms with Crippen LogP contribution < -0.4 is 4.74 Å². The Hall–Kier alpha value is -2.35. The number of fused-ring (bicyclic) bond motifs is 1. The molecule has 20 heavy (non-hydrogen) atoms. The van der Waals surface area contributed by atoms with Crippen LogP contribution in [0.5, 0.6) is 5.75 Å². The molecule has 0 saturated heterocycles. The number of methoxy groups -OCH3 is 1. The van der Waals surface area contributed by atoms with Crippen LogP contribution in [-0.4, -0.2) is 7.11 Å². The minimum atomic E-state index is -0.239. The molecule has 0 saturated carbocycles. The van der Waals surface area contributed by atoms with E-state index < -0.39 is 0 Å². The van der Waals surface area contributed by atoms with Crippen molar-refractivity contribution < 1.29 is 9.13 Å². The van der Waals surface area contributed by atoms with Gasteiger partial charge in [-0.05, 0) is 24.4 Å². The van der Waals surface area contributed by atoms with Crippen LogP contribution in [-0.2, 0) is 0 Å². The number of ether oxygens (including phenoxy) is 1. The van der Waals surface area contributed by atoms with Gasteiger partial charge in [0, 0.05) is 16.5 Å². The van der Waals surface area contributed by atoms with Gasteiger partial charge in [-0.2, -0.15) is 0 Å². The first-order valence-electron chi connectivity index (χ1n) is 6.53. The van der Waals surface area contributed by atoms with Crippen LogP contribution in [0.4, 0.5) is 4.39 Å². The number of benzene rings is 3. The van der Waals surface area contributed by atoms with E-state index in [1.54, 1.807) is 19.2 Å². The van der Waals surface area contributed by atoms with E-state index in [1.165, 1.54) is 11.6 Å². The molecule has 0 radical (unpaired) electrons. The number of halogens is 1. The maximum atomic E-state index is 14.0. The zero-order valence-electron chi connectivity index (χ0n) is 11.5. The third kappa shape index (κ3) is 2.03. The normalized spacial score (nSPS) is 10.8. The second-order valence-electron chi connectivity index (χ2n) is 4.85. The molecule has 1 nitrogen and oxygen atoms in total. The summed E-state index contributed by atoms with van der Waals surface area (Å²) in [5, 5.41) is 2.10. The molecule has 3 rings (SSSR count). The molecule has 0 atom stereocenters. The van der Waals surface area contributed by atoms with Gasteiger partial charge in [0.15, 0.2) is 0 Å². The standard InChI is InChI=1S/C18H15FO/c1-12-7-9-14-13(11-12)8-10-16(18(14)20-2)15-5-3-4-6-17(15)19/h3-11H,1-2H3. The largest absolute Gasteiger partial charge is 0.495 e. The average molecular weight is 266 g/mol. The van der Waals surface area contributed by atoms with Crippen LogP contribution in [0.15, 0.2) is 54.6 Å². The van der Waals surface area contributed by atoms with Crippen molar-refractivity contribution in [3.8, 4) is 16.9 Å². The highest BCUT2D eigenvalue weighted by atomic mass is 19.1. The van der Waals surface area contributed by atoms with Crippen molar-refractivity contribution in [2.75, 3.05) is 7.11 Å². The summed E-state index contributed by atoms with van der Waals surface area (Å²) in [4.78, 5) is 0. The predicted molar refractivity (Wildman–Crippen MR) is 80.6 cm³/mol. The SMILES string of the molecule is COc1c(-c2ccccc2F)ccc2cc(C)ccc12. The molecule has 3 aromatic rings. The quantitative estimate of drug-likeness (QED) is 0.636. The van der Waals surface area contributed by atoms with Crippen molar-refractivity contribution >= 4 is 10.8 Å². The number of hydrogen-bond donors (Lipinski definition) is 0. The summed E-state index contributed by atoms with van der Waals surface area (Å²) in [6, 6.07) is 16.8. The molecular formula is C18H15FO. The van der Waals surface area contributed by atoms with Crippen molar-refractivity contribution in [2.45, 2.75) is 6.92 Å². The first-order chi connectivity index (χ1) is 9.70. The first kappa shape index (κ1) is 12.7. The van der Waals surface area contributed by atoms with E-state index in [1.807, 2.05) is 30.3 Å². The molecule has 0 fully saturated rings. The highest BCUT2D eigenvalue weighted by molar-refractivity contribution is 5.95. The van der Waals surface area contributed by atoms with Gasteiger partial charge in [0.25, 0.3) is 0 Å². The fraction of sp³-hybridized carbons (Fsp3) is 0.111. The zero-order valence-corrected chi connectivity index (χ0v) is 11.5. The lowest BCUT2D eigenvalue weighted by Gasteiger charge is -2.13. The minimum absolute atomic E-state index is 0.239. The van der Waals surface area contributed by atoms with Crippen LogP contribution in [0.3, 0.4) is 0 Å². The maximum Gasteiger partial charge on any atom is 0.134 e. The van der Waals surface area contributed by atoms with Crippen LogP contribution in [0, 0.1) is 12.7 Å². The number of hydrogen-bond acceptors (Lipinski definition) is 1. The van der Waals surface area contributed by atoms with E-state index in [4.69, 9.17) is 4.74 Å². The van der Waals surface area contributed by atoms with Gasteiger partial charge >= 0.3 is 0 Å². The van der Waals surface area contributed by atoms with Gasteiger partial charge in [0.2, 0.25) is 0 Å². The molecule has 0 aliphatic rings. The molecule has 0 aromatic heterocycles. The summed E-state index contributed by atoms with van der Waals surface area (Å²) in [6.45, 7) is 2.05. The van der Waals surface area contributed by atoms with Gasteiger partial charge in [-0.3, -0.25) is 0 Å². The van der Waals surface area contributed by atoms with Crippen LogP contribution in [0.25, 0.3) is 21.9 Å². The van der Waals surface area contributed by atoms with E-state index in [2.05, 4.69) is 13.0 Å². The lowest BCUT2D eigenvalue weighted by atomic mass is 9.98. The van der Waals surface area contributed by atoms with Gasteiger partial charge in [-0.25, -0.2) is 4.39 Å². The molecule has 0 amide bonds. The summed E-state index contributed by atoms with van der Waals surface area (Å²) in [7, 11) is 1.62. The van der Waals surface area contributed by atoms with Crippen molar-refractivity contribution in [2.24, 2.45) is 0 Å². The Kier molecular flexibility index (Phi) is 3.15. The lowest BCUT2D eigenvalue weighted by molar-refractivity contribution is 0.421. The molecule has 0 unspecified atom stereocenters. The molecular weight excluding hydrogens is 251 g/mol. The summed E-state index contributed by atoms with van der Waals surface area (Å²) in [5.41, 5.74) is 2.53. The Balaban J connectivity index is 2.32. The van der Waals surface area contributed by atoms with Crippen molar-refractivity contribution in [1.82, 2.24) is 0 Å². The molecule has 0 N–H and O–H groups in total. The van der Waals surface area contributed by atoms with Gasteiger partial charge in [0.1, 0.15) is 11.6 Å². The van der Waals surface area contributed by atoms with Crippen molar-refractivity contribution in [3.05, 3.63) is 66.0 Å². The van der Waals surface area contributed by atoms with Crippen LogP contribution >= 0.6 is 0 Å². The molecule has 0 bridgehead atoms. The molecule has 0 heterocycles. The maximum absolute atomic E-state index is 14.0. The van der Waals surface area contributed by atoms with Gasteiger partial charge in [-0.15, -0.1) is 0 Å². The van der Waals surface area contributed by atoms with Gasteiger partial charge in [-0.1, -0.05) is 48.0 Å². The number of rotatable bonds is 2. The minimum Gasteiger partial charge on any atom is -0.495 e. The monoisotopic (exact) mass is 266 g/mol. The predicted octanol–water partition coefficient (Wildman–Crippen LogP) is 4.96. The van der Waals surface area contributed by atoms with E-state index in [9.17, 15) is 4.39 Å². The topological polar surface area (TPSA) is 9.23 Å². The second-order valence-corrected chi connectivity index (χ2v) is 4.85. The van der Waals surface area contributed by atoms with E-state index in [0.717, 1.165) is 16.3 Å². The van der Waals surface area contributed by atoms with E-state index >= 15 is 0 Å². The fourth-order valence-corrected chi connectivity index (χ4v) is 2.53. The van der Waals surface area contributed by atoms with E-state index in [0.29, 0.717) is 11.3 Å². The molecule has 0 spiro atoms. The smallest absolute Gasteiger partial charge is 0.134 e. The molecule has 100 valence electrons. The highest BCUT2D eigenvalue weighted by Crippen LogP contribution is 2.37. The van der Waals surface area contributed by atoms with Crippen LogP contribution in [0.1, 0.15) is 5.56 Å². The Morgan fingerprint density at radius 3 is 2.45 bits per heavy atom. The van der Waals surface area contributed by atoms with Crippen molar-refractivity contribution in [3.63, 3.8) is 0 Å². The number of aryl methyl sites for hydroxylation is 1. The molecule has 0 aliphatic carbocycles. The first-order valence-corrected chi connectivity index (χ1v) is 6.53. The Labute approximate surface area is 117 Å². The van der Waals surface area contributed by atoms with Gasteiger partial charge < -0.3 is 4.74 Å². The van der Waals surface area contributed by atoms with Crippen LogP contribution in [0.2, 0.25) is 0 Å². The Morgan fingerprint density at radius 1 is 0.900 bits per heavy atom. The molecule has 2 heteroatoms. The highest BCUT2D eigenvalue weighted by Gasteiger charge is 2.13. The molecule has 0 aliphatic heterocycles. The molecule has 3 aromatic carbocycles. The zero-order chi connectivity index (χ0) is 14.1. The summed E-state index contributed by atoms with van der Waals surface area (Å²) >= 11 is 0. The Morgan fingerprint density at radius 2 is 1.70 bits per heavy atom. The van der Waals surface area contributed by atoms with E-state index in [-0.39, 0.29) is 5.82 Å². The third-order valence-electron chi connectivity index (χ3n) is 3.49.